The molecule has 5 nitrogen and oxygen atoms in total. The molecule has 0 saturated heterocycles. The molecule has 112 valence electrons. The molecule has 0 aromatic heterocycles. The Morgan fingerprint density at radius 2 is 2.10 bits per heavy atom. The molecule has 1 aliphatic heterocycles. The van der Waals surface area contributed by atoms with Gasteiger partial charge in [0.1, 0.15) is 0 Å². The SMILES string of the molecule is CCN1C(=O)NC(c2ccccc2Cl)C(C(=O)OC)=C1C. The first kappa shape index (κ1) is 15.4. The van der Waals surface area contributed by atoms with Gasteiger partial charge >= 0.3 is 12.0 Å². The van der Waals surface area contributed by atoms with Crippen LogP contribution in [0.1, 0.15) is 25.5 Å². The van der Waals surface area contributed by atoms with Crippen LogP contribution in [0.2, 0.25) is 5.02 Å². The second-order valence-electron chi connectivity index (χ2n) is 4.64. The molecule has 0 aliphatic carbocycles. The number of ether oxygens (including phenoxy) is 1. The summed E-state index contributed by atoms with van der Waals surface area (Å²) in [5, 5.41) is 3.30. The molecule has 1 N–H and O–H groups in total. The fourth-order valence-corrected chi connectivity index (χ4v) is 2.72. The Morgan fingerprint density at radius 1 is 1.43 bits per heavy atom. The van der Waals surface area contributed by atoms with Gasteiger partial charge in [0, 0.05) is 17.3 Å². The average molecular weight is 309 g/mol. The Hall–Kier alpha value is -2.01. The van der Waals surface area contributed by atoms with Crippen molar-refractivity contribution in [3.05, 3.63) is 46.1 Å². The molecule has 0 bridgehead atoms. The van der Waals surface area contributed by atoms with Gasteiger partial charge in [-0.3, -0.25) is 4.90 Å². The molecule has 1 aromatic rings. The van der Waals surface area contributed by atoms with Gasteiger partial charge in [-0.25, -0.2) is 9.59 Å². The van der Waals surface area contributed by atoms with Crippen LogP contribution in [0.15, 0.2) is 35.5 Å². The normalized spacial score (nSPS) is 18.6. The summed E-state index contributed by atoms with van der Waals surface area (Å²) in [6.45, 7) is 4.04. The number of hydrogen-bond acceptors (Lipinski definition) is 3. The predicted molar refractivity (Wildman–Crippen MR) is 79.8 cm³/mol. The molecule has 2 amide bonds. The van der Waals surface area contributed by atoms with E-state index < -0.39 is 12.0 Å². The highest BCUT2D eigenvalue weighted by Gasteiger charge is 2.36. The highest BCUT2D eigenvalue weighted by Crippen LogP contribution is 2.34. The molecule has 0 fully saturated rings. The molecule has 21 heavy (non-hydrogen) atoms. The molecule has 1 atom stereocenters. The zero-order valence-corrected chi connectivity index (χ0v) is 12.9. The lowest BCUT2D eigenvalue weighted by Gasteiger charge is -2.34. The lowest BCUT2D eigenvalue weighted by molar-refractivity contribution is -0.136. The van der Waals surface area contributed by atoms with Crippen molar-refractivity contribution in [1.29, 1.82) is 0 Å². The summed E-state index contributed by atoms with van der Waals surface area (Å²) in [7, 11) is 1.32. The van der Waals surface area contributed by atoms with Gasteiger partial charge in [-0.15, -0.1) is 0 Å². The van der Waals surface area contributed by atoms with Gasteiger partial charge in [-0.05, 0) is 25.5 Å². The summed E-state index contributed by atoms with van der Waals surface area (Å²) in [5.41, 5.74) is 1.65. The maximum atomic E-state index is 12.2. The highest BCUT2D eigenvalue weighted by molar-refractivity contribution is 6.31. The van der Waals surface area contributed by atoms with Crippen molar-refractivity contribution in [2.45, 2.75) is 19.9 Å². The second kappa shape index (κ2) is 6.18. The summed E-state index contributed by atoms with van der Waals surface area (Å²) in [5.74, 6) is -0.476. The van der Waals surface area contributed by atoms with Crippen LogP contribution in [0.25, 0.3) is 0 Å². The van der Waals surface area contributed by atoms with E-state index in [1.807, 2.05) is 13.0 Å². The van der Waals surface area contributed by atoms with Crippen molar-refractivity contribution >= 4 is 23.6 Å². The van der Waals surface area contributed by atoms with Crippen LogP contribution >= 0.6 is 11.6 Å². The number of halogens is 1. The predicted octanol–water partition coefficient (Wildman–Crippen LogP) is 2.87. The molecule has 1 aliphatic rings. The summed E-state index contributed by atoms with van der Waals surface area (Å²) in [6, 6.07) is 6.24. The molecule has 0 radical (unpaired) electrons. The van der Waals surface area contributed by atoms with Crippen LogP contribution in [0.4, 0.5) is 4.79 Å². The Kier molecular flexibility index (Phi) is 4.53. The van der Waals surface area contributed by atoms with E-state index in [4.69, 9.17) is 16.3 Å². The monoisotopic (exact) mass is 308 g/mol. The molecule has 2 rings (SSSR count). The quantitative estimate of drug-likeness (QED) is 0.874. The van der Waals surface area contributed by atoms with Gasteiger partial charge in [0.15, 0.2) is 0 Å². The van der Waals surface area contributed by atoms with Crippen LogP contribution in [0.5, 0.6) is 0 Å². The fourth-order valence-electron chi connectivity index (χ4n) is 2.48. The van der Waals surface area contributed by atoms with Crippen LogP contribution in [0.3, 0.4) is 0 Å². The number of esters is 1. The molecule has 0 saturated carbocycles. The first-order valence-electron chi connectivity index (χ1n) is 6.62. The standard InChI is InChI=1S/C15H17ClN2O3/c1-4-18-9(2)12(14(19)21-3)13(17-15(18)20)10-7-5-6-8-11(10)16/h5-8,13H,4H2,1-3H3,(H,17,20). The van der Waals surface area contributed by atoms with Crippen molar-refractivity contribution in [2.75, 3.05) is 13.7 Å². The maximum Gasteiger partial charge on any atom is 0.337 e. The van der Waals surface area contributed by atoms with Crippen molar-refractivity contribution in [3.63, 3.8) is 0 Å². The third-order valence-corrected chi connectivity index (χ3v) is 3.88. The molecule has 6 heteroatoms. The van der Waals surface area contributed by atoms with Crippen molar-refractivity contribution in [1.82, 2.24) is 10.2 Å². The first-order valence-corrected chi connectivity index (χ1v) is 7.00. The van der Waals surface area contributed by atoms with Gasteiger partial charge < -0.3 is 10.1 Å². The van der Waals surface area contributed by atoms with Gasteiger partial charge in [0.2, 0.25) is 0 Å². The number of hydrogen-bond donors (Lipinski definition) is 1. The van der Waals surface area contributed by atoms with E-state index in [2.05, 4.69) is 5.32 Å². The number of nitrogens with one attached hydrogen (secondary N) is 1. The van der Waals surface area contributed by atoms with E-state index in [0.717, 1.165) is 0 Å². The minimum Gasteiger partial charge on any atom is -0.466 e. The minimum atomic E-state index is -0.610. The number of urea groups is 1. The molecular weight excluding hydrogens is 292 g/mol. The Balaban J connectivity index is 2.59. The van der Waals surface area contributed by atoms with Gasteiger partial charge in [0.25, 0.3) is 0 Å². The summed E-state index contributed by atoms with van der Waals surface area (Å²) in [4.78, 5) is 25.8. The third kappa shape index (κ3) is 2.74. The lowest BCUT2D eigenvalue weighted by atomic mass is 9.95. The molecular formula is C15H17ClN2O3. The third-order valence-electron chi connectivity index (χ3n) is 3.53. The number of allylic oxidation sites excluding steroid dienone is 1. The van der Waals surface area contributed by atoms with Crippen molar-refractivity contribution in [3.8, 4) is 0 Å². The smallest absolute Gasteiger partial charge is 0.337 e. The number of methoxy groups -OCH3 is 1. The molecule has 1 aromatic carbocycles. The van der Waals surface area contributed by atoms with E-state index in [1.165, 1.54) is 12.0 Å². The number of amides is 2. The van der Waals surface area contributed by atoms with Crippen LogP contribution < -0.4 is 5.32 Å². The van der Waals surface area contributed by atoms with Gasteiger partial charge in [-0.2, -0.15) is 0 Å². The number of benzene rings is 1. The Labute approximate surface area is 128 Å². The topological polar surface area (TPSA) is 58.6 Å². The second-order valence-corrected chi connectivity index (χ2v) is 5.05. The average Bonchev–Trinajstić information content (AvgIpc) is 2.47. The maximum absolute atomic E-state index is 12.2. The zero-order valence-electron chi connectivity index (χ0n) is 12.1. The Morgan fingerprint density at radius 3 is 2.67 bits per heavy atom. The van der Waals surface area contributed by atoms with E-state index in [-0.39, 0.29) is 6.03 Å². The number of nitrogens with zero attached hydrogens (tertiary/aromatic N) is 1. The lowest BCUT2D eigenvalue weighted by Crippen LogP contribution is -2.47. The van der Waals surface area contributed by atoms with Crippen LogP contribution in [-0.4, -0.2) is 30.6 Å². The minimum absolute atomic E-state index is 0.257. The largest absolute Gasteiger partial charge is 0.466 e. The van der Waals surface area contributed by atoms with Gasteiger partial charge in [-0.1, -0.05) is 29.8 Å². The molecule has 1 unspecified atom stereocenters. The summed E-state index contributed by atoms with van der Waals surface area (Å²) in [6.07, 6.45) is 0. The number of rotatable bonds is 3. The first-order chi connectivity index (χ1) is 10.0. The number of carbonyl (C=O) groups excluding carboxylic acids is 2. The summed E-state index contributed by atoms with van der Waals surface area (Å²) >= 11 is 6.20. The zero-order chi connectivity index (χ0) is 15.6. The van der Waals surface area contributed by atoms with Crippen LogP contribution in [-0.2, 0) is 9.53 Å². The molecule has 0 spiro atoms. The van der Waals surface area contributed by atoms with E-state index in [0.29, 0.717) is 28.4 Å². The number of carbonyl (C=O) groups is 2. The van der Waals surface area contributed by atoms with Crippen molar-refractivity contribution < 1.29 is 14.3 Å². The highest BCUT2D eigenvalue weighted by atomic mass is 35.5. The fraction of sp³-hybridized carbons (Fsp3) is 0.333. The summed E-state index contributed by atoms with van der Waals surface area (Å²) < 4.78 is 4.86. The van der Waals surface area contributed by atoms with E-state index in [1.54, 1.807) is 25.1 Å². The Bertz CT molecular complexity index is 613. The van der Waals surface area contributed by atoms with Crippen molar-refractivity contribution in [2.24, 2.45) is 0 Å². The van der Waals surface area contributed by atoms with Crippen LogP contribution in [0, 0.1) is 0 Å². The van der Waals surface area contributed by atoms with E-state index >= 15 is 0 Å². The van der Waals surface area contributed by atoms with E-state index in [9.17, 15) is 9.59 Å². The molecule has 1 heterocycles. The van der Waals surface area contributed by atoms with Gasteiger partial charge in [0.05, 0.1) is 18.7 Å².